The molecule has 0 heterocycles. The van der Waals surface area contributed by atoms with Gasteiger partial charge in [0.15, 0.2) is 11.5 Å². The lowest BCUT2D eigenvalue weighted by molar-refractivity contribution is 0.327. The topological polar surface area (TPSA) is 61.8 Å². The van der Waals surface area contributed by atoms with E-state index in [-0.39, 0.29) is 16.4 Å². The van der Waals surface area contributed by atoms with Crippen LogP contribution < -0.4 is 13.7 Å². The lowest BCUT2D eigenvalue weighted by Gasteiger charge is -2.13. The predicted molar refractivity (Wildman–Crippen MR) is 86.1 cm³/mol. The van der Waals surface area contributed by atoms with Crippen LogP contribution in [0.5, 0.6) is 17.2 Å². The molecule has 0 amide bonds. The summed E-state index contributed by atoms with van der Waals surface area (Å²) in [5.74, 6) is 0.700. The molecule has 0 bridgehead atoms. The van der Waals surface area contributed by atoms with Crippen LogP contribution in [-0.4, -0.2) is 22.1 Å². The van der Waals surface area contributed by atoms with Crippen LogP contribution in [-0.2, 0) is 10.1 Å². The smallest absolute Gasteiger partial charge is 0.343 e. The molecule has 0 N–H and O–H groups in total. The second kappa shape index (κ2) is 7.02. The van der Waals surface area contributed by atoms with Crippen molar-refractivity contribution in [1.29, 1.82) is 0 Å². The average Bonchev–Trinajstić information content (AvgIpc) is 2.49. The van der Waals surface area contributed by atoms with Crippen LogP contribution in [0, 0.1) is 0 Å². The van der Waals surface area contributed by atoms with E-state index in [2.05, 4.69) is 15.9 Å². The van der Waals surface area contributed by atoms with E-state index in [0.717, 1.165) is 0 Å². The number of rotatable bonds is 6. The van der Waals surface area contributed by atoms with Gasteiger partial charge in [0.2, 0.25) is 0 Å². The van der Waals surface area contributed by atoms with Crippen LogP contribution in [0.4, 0.5) is 0 Å². The van der Waals surface area contributed by atoms with Gasteiger partial charge >= 0.3 is 10.1 Å². The fourth-order valence-corrected chi connectivity index (χ4v) is 3.45. The molecule has 118 valence electrons. The SMILES string of the molecule is CCOc1ccccc1OS(=O)(=O)c1cc(Br)ccc1OC. The molecule has 2 aromatic carbocycles. The number of hydrogen-bond donors (Lipinski definition) is 0. The van der Waals surface area contributed by atoms with Gasteiger partial charge in [0.25, 0.3) is 0 Å². The van der Waals surface area contributed by atoms with Gasteiger partial charge in [-0.3, -0.25) is 0 Å². The van der Waals surface area contributed by atoms with E-state index in [9.17, 15) is 8.42 Å². The van der Waals surface area contributed by atoms with Gasteiger partial charge in [-0.1, -0.05) is 28.1 Å². The number of halogens is 1. The highest BCUT2D eigenvalue weighted by molar-refractivity contribution is 9.10. The van der Waals surface area contributed by atoms with E-state index in [4.69, 9.17) is 13.7 Å². The van der Waals surface area contributed by atoms with Gasteiger partial charge in [-0.05, 0) is 37.3 Å². The highest BCUT2D eigenvalue weighted by atomic mass is 79.9. The van der Waals surface area contributed by atoms with Crippen molar-refractivity contribution in [3.63, 3.8) is 0 Å². The van der Waals surface area contributed by atoms with Gasteiger partial charge in [0, 0.05) is 4.47 Å². The number of hydrogen-bond acceptors (Lipinski definition) is 5. The Hall–Kier alpha value is -1.73. The third-order valence-corrected chi connectivity index (χ3v) is 4.49. The Kier molecular flexibility index (Phi) is 5.31. The third kappa shape index (κ3) is 3.72. The number of benzene rings is 2. The molecule has 0 aliphatic rings. The van der Waals surface area contributed by atoms with Gasteiger partial charge in [-0.2, -0.15) is 8.42 Å². The number of ether oxygens (including phenoxy) is 2. The molecule has 0 aliphatic heterocycles. The maximum Gasteiger partial charge on any atom is 0.343 e. The fraction of sp³-hybridized carbons (Fsp3) is 0.200. The van der Waals surface area contributed by atoms with Gasteiger partial charge in [-0.25, -0.2) is 0 Å². The Morgan fingerprint density at radius 2 is 1.73 bits per heavy atom. The molecule has 0 fully saturated rings. The Balaban J connectivity index is 2.43. The van der Waals surface area contributed by atoms with Crippen molar-refractivity contribution < 1.29 is 22.1 Å². The van der Waals surface area contributed by atoms with Gasteiger partial charge < -0.3 is 13.7 Å². The second-order valence-corrected chi connectivity index (χ2v) is 6.64. The quantitative estimate of drug-likeness (QED) is 0.709. The second-order valence-electron chi connectivity index (χ2n) is 4.21. The summed E-state index contributed by atoms with van der Waals surface area (Å²) in [4.78, 5) is -0.0596. The summed E-state index contributed by atoms with van der Waals surface area (Å²) in [5.41, 5.74) is 0. The molecule has 0 aromatic heterocycles. The first-order valence-corrected chi connectivity index (χ1v) is 8.68. The van der Waals surface area contributed by atoms with E-state index >= 15 is 0 Å². The molecule has 2 rings (SSSR count). The van der Waals surface area contributed by atoms with Gasteiger partial charge in [-0.15, -0.1) is 0 Å². The fourth-order valence-electron chi connectivity index (χ4n) is 1.80. The van der Waals surface area contributed by atoms with Crippen LogP contribution >= 0.6 is 15.9 Å². The third-order valence-electron chi connectivity index (χ3n) is 2.74. The summed E-state index contributed by atoms with van der Waals surface area (Å²) >= 11 is 3.24. The summed E-state index contributed by atoms with van der Waals surface area (Å²) in [5, 5.41) is 0. The number of para-hydroxylation sites is 2. The van der Waals surface area contributed by atoms with Crippen molar-refractivity contribution in [2.24, 2.45) is 0 Å². The Labute approximate surface area is 138 Å². The molecular weight excluding hydrogens is 372 g/mol. The molecule has 0 saturated heterocycles. The Bertz CT molecular complexity index is 758. The zero-order chi connectivity index (χ0) is 16.2. The summed E-state index contributed by atoms with van der Waals surface area (Å²) < 4.78 is 41.3. The highest BCUT2D eigenvalue weighted by Crippen LogP contribution is 2.33. The molecule has 2 aromatic rings. The lowest BCUT2D eigenvalue weighted by atomic mass is 10.3. The molecule has 0 aliphatic carbocycles. The molecule has 22 heavy (non-hydrogen) atoms. The minimum absolute atomic E-state index is 0.0596. The van der Waals surface area contributed by atoms with Crippen molar-refractivity contribution in [2.45, 2.75) is 11.8 Å². The monoisotopic (exact) mass is 386 g/mol. The molecule has 0 saturated carbocycles. The average molecular weight is 387 g/mol. The maximum absolute atomic E-state index is 12.5. The van der Waals surface area contributed by atoms with E-state index < -0.39 is 10.1 Å². The van der Waals surface area contributed by atoms with Crippen LogP contribution in [0.1, 0.15) is 6.92 Å². The van der Waals surface area contributed by atoms with E-state index in [1.165, 1.54) is 19.2 Å². The summed E-state index contributed by atoms with van der Waals surface area (Å²) in [7, 11) is -2.66. The largest absolute Gasteiger partial charge is 0.495 e. The van der Waals surface area contributed by atoms with Crippen molar-refractivity contribution in [1.82, 2.24) is 0 Å². The molecule has 0 spiro atoms. The van der Waals surface area contributed by atoms with Crippen LogP contribution in [0.2, 0.25) is 0 Å². The van der Waals surface area contributed by atoms with E-state index in [1.54, 1.807) is 30.3 Å². The summed E-state index contributed by atoms with van der Waals surface area (Å²) in [6.07, 6.45) is 0. The number of methoxy groups -OCH3 is 1. The first kappa shape index (κ1) is 16.6. The van der Waals surface area contributed by atoms with E-state index in [0.29, 0.717) is 16.8 Å². The maximum atomic E-state index is 12.5. The normalized spacial score (nSPS) is 11.0. The summed E-state index contributed by atoms with van der Waals surface area (Å²) in [6, 6.07) is 11.3. The standard InChI is InChI=1S/C15H15BrO5S/c1-3-20-12-6-4-5-7-13(12)21-22(17,18)15-10-11(16)8-9-14(15)19-2/h4-10H,3H2,1-2H3. The van der Waals surface area contributed by atoms with Crippen molar-refractivity contribution in [3.8, 4) is 17.2 Å². The van der Waals surface area contributed by atoms with Gasteiger partial charge in [0.05, 0.1) is 13.7 Å². The van der Waals surface area contributed by atoms with Gasteiger partial charge in [0.1, 0.15) is 10.6 Å². The molecule has 7 heteroatoms. The molecule has 0 atom stereocenters. The molecule has 5 nitrogen and oxygen atoms in total. The Morgan fingerprint density at radius 1 is 1.05 bits per heavy atom. The first-order valence-electron chi connectivity index (χ1n) is 6.47. The lowest BCUT2D eigenvalue weighted by Crippen LogP contribution is -2.12. The summed E-state index contributed by atoms with van der Waals surface area (Å²) in [6.45, 7) is 2.21. The first-order chi connectivity index (χ1) is 10.5. The van der Waals surface area contributed by atoms with Crippen molar-refractivity contribution >= 4 is 26.0 Å². The molecule has 0 unspecified atom stereocenters. The molecule has 0 radical (unpaired) electrons. The van der Waals surface area contributed by atoms with Crippen molar-refractivity contribution in [3.05, 3.63) is 46.9 Å². The van der Waals surface area contributed by atoms with Crippen LogP contribution in [0.15, 0.2) is 51.8 Å². The van der Waals surface area contributed by atoms with Crippen molar-refractivity contribution in [2.75, 3.05) is 13.7 Å². The Morgan fingerprint density at radius 3 is 2.36 bits per heavy atom. The zero-order valence-electron chi connectivity index (χ0n) is 12.1. The minimum Gasteiger partial charge on any atom is -0.495 e. The minimum atomic E-state index is -4.05. The van der Waals surface area contributed by atoms with Crippen LogP contribution in [0.25, 0.3) is 0 Å². The predicted octanol–water partition coefficient (Wildman–Crippen LogP) is 3.62. The molecular formula is C15H15BrO5S. The highest BCUT2D eigenvalue weighted by Gasteiger charge is 2.23. The zero-order valence-corrected chi connectivity index (χ0v) is 14.5. The van der Waals surface area contributed by atoms with E-state index in [1.807, 2.05) is 6.92 Å². The van der Waals surface area contributed by atoms with Crippen LogP contribution in [0.3, 0.4) is 0 Å².